The molecule has 1 atom stereocenters. The summed E-state index contributed by atoms with van der Waals surface area (Å²) in [6, 6.07) is 7.78. The summed E-state index contributed by atoms with van der Waals surface area (Å²) in [5.74, 6) is 1.11. The number of alkyl halides is 1. The van der Waals surface area contributed by atoms with Gasteiger partial charge in [-0.2, -0.15) is 0 Å². The predicted molar refractivity (Wildman–Crippen MR) is 75.2 cm³/mol. The van der Waals surface area contributed by atoms with E-state index in [1.807, 2.05) is 24.3 Å². The quantitative estimate of drug-likeness (QED) is 0.597. The van der Waals surface area contributed by atoms with Gasteiger partial charge in [0.05, 0.1) is 13.7 Å². The molecule has 0 saturated carbocycles. The molecule has 0 spiro atoms. The normalized spacial score (nSPS) is 12.3. The van der Waals surface area contributed by atoms with Crippen LogP contribution in [0.1, 0.15) is 19.4 Å². The van der Waals surface area contributed by atoms with Crippen molar-refractivity contribution in [2.75, 3.05) is 13.7 Å². The first-order valence-electron chi connectivity index (χ1n) is 5.96. The van der Waals surface area contributed by atoms with Gasteiger partial charge < -0.3 is 9.47 Å². The number of carbonyl (C=O) groups is 1. The van der Waals surface area contributed by atoms with Crippen LogP contribution < -0.4 is 4.74 Å². The van der Waals surface area contributed by atoms with Crippen molar-refractivity contribution in [1.29, 1.82) is 0 Å². The summed E-state index contributed by atoms with van der Waals surface area (Å²) in [4.78, 5) is 11.0. The van der Waals surface area contributed by atoms with E-state index in [2.05, 4.69) is 34.5 Å². The van der Waals surface area contributed by atoms with Gasteiger partial charge in [-0.1, -0.05) is 41.9 Å². The minimum Gasteiger partial charge on any atom is -0.493 e. The molecule has 0 fully saturated rings. The lowest BCUT2D eigenvalue weighted by Crippen LogP contribution is -2.17. The molecule has 0 aliphatic heterocycles. The van der Waals surface area contributed by atoms with Crippen LogP contribution in [-0.2, 0) is 16.0 Å². The van der Waals surface area contributed by atoms with E-state index in [4.69, 9.17) is 4.74 Å². The van der Waals surface area contributed by atoms with Crippen molar-refractivity contribution >= 4 is 21.9 Å². The van der Waals surface area contributed by atoms with Gasteiger partial charge in [0.1, 0.15) is 10.6 Å². The predicted octanol–water partition coefficient (Wildman–Crippen LogP) is 3.20. The van der Waals surface area contributed by atoms with Crippen molar-refractivity contribution in [3.05, 3.63) is 29.8 Å². The van der Waals surface area contributed by atoms with Gasteiger partial charge in [-0.3, -0.25) is 4.79 Å². The lowest BCUT2D eigenvalue weighted by atomic mass is 10.1. The fourth-order valence-corrected chi connectivity index (χ4v) is 1.96. The highest BCUT2D eigenvalue weighted by molar-refractivity contribution is 9.10. The first kappa shape index (κ1) is 15.0. The fourth-order valence-electron chi connectivity index (χ4n) is 1.40. The topological polar surface area (TPSA) is 35.5 Å². The van der Waals surface area contributed by atoms with Crippen molar-refractivity contribution in [2.45, 2.75) is 25.1 Å². The first-order chi connectivity index (χ1) is 8.52. The molecular formula is C14H19BrO3. The van der Waals surface area contributed by atoms with Crippen LogP contribution in [0.2, 0.25) is 0 Å². The van der Waals surface area contributed by atoms with E-state index in [0.717, 1.165) is 11.3 Å². The van der Waals surface area contributed by atoms with Gasteiger partial charge >= 0.3 is 5.97 Å². The van der Waals surface area contributed by atoms with E-state index in [0.29, 0.717) is 18.9 Å². The number of rotatable bonds is 6. The Morgan fingerprint density at radius 2 is 1.89 bits per heavy atom. The first-order valence-corrected chi connectivity index (χ1v) is 6.88. The van der Waals surface area contributed by atoms with E-state index in [-0.39, 0.29) is 10.8 Å². The zero-order valence-electron chi connectivity index (χ0n) is 11.0. The molecule has 0 saturated heterocycles. The zero-order chi connectivity index (χ0) is 13.5. The van der Waals surface area contributed by atoms with Gasteiger partial charge in [-0.25, -0.2) is 0 Å². The number of esters is 1. The van der Waals surface area contributed by atoms with Crippen LogP contribution in [0.15, 0.2) is 24.3 Å². The maximum absolute atomic E-state index is 11.3. The van der Waals surface area contributed by atoms with Crippen LogP contribution in [0.4, 0.5) is 0 Å². The summed E-state index contributed by atoms with van der Waals surface area (Å²) in [6.07, 6.45) is 0.608. The Balaban J connectivity index is 2.52. The summed E-state index contributed by atoms with van der Waals surface area (Å²) in [7, 11) is 1.39. The van der Waals surface area contributed by atoms with Gasteiger partial charge in [-0.05, 0) is 30.0 Å². The molecule has 1 unspecified atom stereocenters. The van der Waals surface area contributed by atoms with Crippen LogP contribution in [0, 0.1) is 5.92 Å². The van der Waals surface area contributed by atoms with Crippen LogP contribution >= 0.6 is 15.9 Å². The SMILES string of the molecule is COC(=O)C(Br)Cc1ccc(OCC(C)C)cc1. The van der Waals surface area contributed by atoms with Crippen molar-refractivity contribution in [3.8, 4) is 5.75 Å². The molecular weight excluding hydrogens is 296 g/mol. The Bertz CT molecular complexity index is 373. The number of hydrogen-bond donors (Lipinski definition) is 0. The Morgan fingerprint density at radius 3 is 2.39 bits per heavy atom. The number of hydrogen-bond acceptors (Lipinski definition) is 3. The van der Waals surface area contributed by atoms with Crippen molar-refractivity contribution < 1.29 is 14.3 Å². The Kier molecular flexibility index (Phi) is 6.19. The van der Waals surface area contributed by atoms with Crippen LogP contribution in [0.25, 0.3) is 0 Å². The van der Waals surface area contributed by atoms with Gasteiger partial charge in [0.25, 0.3) is 0 Å². The second-order valence-electron chi connectivity index (χ2n) is 4.54. The second kappa shape index (κ2) is 7.41. The maximum Gasteiger partial charge on any atom is 0.319 e. The fraction of sp³-hybridized carbons (Fsp3) is 0.500. The molecule has 1 aromatic carbocycles. The summed E-state index contributed by atoms with van der Waals surface area (Å²) >= 11 is 3.30. The lowest BCUT2D eigenvalue weighted by Gasteiger charge is -2.10. The molecule has 0 aliphatic rings. The molecule has 1 aromatic rings. The van der Waals surface area contributed by atoms with Crippen molar-refractivity contribution in [3.63, 3.8) is 0 Å². The minimum absolute atomic E-state index is 0.255. The van der Waals surface area contributed by atoms with E-state index in [9.17, 15) is 4.79 Å². The monoisotopic (exact) mass is 314 g/mol. The van der Waals surface area contributed by atoms with Crippen LogP contribution in [0.3, 0.4) is 0 Å². The second-order valence-corrected chi connectivity index (χ2v) is 5.65. The molecule has 0 heterocycles. The standard InChI is InChI=1S/C14H19BrO3/c1-10(2)9-18-12-6-4-11(5-7-12)8-13(15)14(16)17-3/h4-7,10,13H,8-9H2,1-3H3. The van der Waals surface area contributed by atoms with E-state index in [1.165, 1.54) is 7.11 Å². The molecule has 0 aromatic heterocycles. The number of carbonyl (C=O) groups excluding carboxylic acids is 1. The van der Waals surface area contributed by atoms with E-state index in [1.54, 1.807) is 0 Å². The maximum atomic E-state index is 11.3. The third-order valence-electron chi connectivity index (χ3n) is 2.38. The molecule has 100 valence electrons. The average molecular weight is 315 g/mol. The minimum atomic E-state index is -0.301. The summed E-state index contributed by atoms with van der Waals surface area (Å²) < 4.78 is 10.3. The van der Waals surface area contributed by atoms with E-state index < -0.39 is 0 Å². The number of halogens is 1. The van der Waals surface area contributed by atoms with Crippen LogP contribution in [-0.4, -0.2) is 24.5 Å². The zero-order valence-corrected chi connectivity index (χ0v) is 12.6. The third kappa shape index (κ3) is 5.08. The molecule has 1 rings (SSSR count). The Morgan fingerprint density at radius 1 is 1.28 bits per heavy atom. The highest BCUT2D eigenvalue weighted by Gasteiger charge is 2.15. The largest absolute Gasteiger partial charge is 0.493 e. The molecule has 0 radical (unpaired) electrons. The summed E-state index contributed by atoms with van der Waals surface area (Å²) in [5, 5.41) is 0. The van der Waals surface area contributed by atoms with E-state index >= 15 is 0 Å². The highest BCUT2D eigenvalue weighted by Crippen LogP contribution is 2.16. The molecule has 0 bridgehead atoms. The average Bonchev–Trinajstić information content (AvgIpc) is 2.36. The molecule has 0 amide bonds. The van der Waals surface area contributed by atoms with Gasteiger partial charge in [0, 0.05) is 0 Å². The molecule has 0 N–H and O–H groups in total. The number of methoxy groups -OCH3 is 1. The van der Waals surface area contributed by atoms with Crippen LogP contribution in [0.5, 0.6) is 5.75 Å². The molecule has 4 heteroatoms. The van der Waals surface area contributed by atoms with Gasteiger partial charge in [0.15, 0.2) is 0 Å². The number of benzene rings is 1. The van der Waals surface area contributed by atoms with Gasteiger partial charge in [-0.15, -0.1) is 0 Å². The van der Waals surface area contributed by atoms with Gasteiger partial charge in [0.2, 0.25) is 0 Å². The third-order valence-corrected chi connectivity index (χ3v) is 3.08. The van der Waals surface area contributed by atoms with Crippen molar-refractivity contribution in [2.24, 2.45) is 5.92 Å². The summed E-state index contributed by atoms with van der Waals surface area (Å²) in [5.41, 5.74) is 1.07. The highest BCUT2D eigenvalue weighted by atomic mass is 79.9. The lowest BCUT2D eigenvalue weighted by molar-refractivity contribution is -0.139. The summed E-state index contributed by atoms with van der Waals surface area (Å²) in [6.45, 7) is 4.93. The smallest absolute Gasteiger partial charge is 0.319 e. The van der Waals surface area contributed by atoms with Crippen molar-refractivity contribution in [1.82, 2.24) is 0 Å². The molecule has 0 aliphatic carbocycles. The Hall–Kier alpha value is -1.03. The Labute approximate surface area is 117 Å². The number of ether oxygens (including phenoxy) is 2. The molecule has 3 nitrogen and oxygen atoms in total. The molecule has 18 heavy (non-hydrogen) atoms.